The minimum atomic E-state index is -1.83. The smallest absolute Gasteiger partial charge is 0.192 e. The fraction of sp³-hybridized carbons (Fsp3) is 0.769. The van der Waals surface area contributed by atoms with Crippen LogP contribution in [0.2, 0.25) is 18.1 Å². The van der Waals surface area contributed by atoms with Gasteiger partial charge in [0.2, 0.25) is 0 Å². The molecule has 2 nitrogen and oxygen atoms in total. The first kappa shape index (κ1) is 25.6. The molecule has 0 heterocycles. The minimum absolute atomic E-state index is 0.0835. The van der Waals surface area contributed by atoms with E-state index in [1.165, 1.54) is 75.1 Å². The van der Waals surface area contributed by atoms with E-state index in [2.05, 4.69) is 58.1 Å². The van der Waals surface area contributed by atoms with Crippen LogP contribution in [-0.4, -0.2) is 26.2 Å². The van der Waals surface area contributed by atoms with E-state index in [0.29, 0.717) is 17.9 Å². The van der Waals surface area contributed by atoms with Crippen molar-refractivity contribution in [3.8, 4) is 0 Å². The Labute approximate surface area is 198 Å². The van der Waals surface area contributed by atoms with Gasteiger partial charge in [0.05, 0.1) is 12.6 Å². The molecule has 2 aliphatic rings. The van der Waals surface area contributed by atoms with E-state index in [-0.39, 0.29) is 11.1 Å². The first-order chi connectivity index (χ1) is 14.6. The van der Waals surface area contributed by atoms with Gasteiger partial charge in [-0.3, -0.25) is 0 Å². The zero-order chi connectivity index (χ0) is 22.7. The maximum absolute atomic E-state index is 6.87. The summed E-state index contributed by atoms with van der Waals surface area (Å²) in [5.41, 5.74) is 9.60. The van der Waals surface area contributed by atoms with Crippen LogP contribution in [0.3, 0.4) is 0 Å². The van der Waals surface area contributed by atoms with Gasteiger partial charge in [-0.25, -0.2) is 0 Å². The zero-order valence-corrected chi connectivity index (χ0v) is 23.4. The third-order valence-corrected chi connectivity index (χ3v) is 19.6. The summed E-state index contributed by atoms with van der Waals surface area (Å²) >= 11 is 6.86. The Morgan fingerprint density at radius 1 is 0.968 bits per heavy atom. The average Bonchev–Trinajstić information content (AvgIpc) is 2.77. The van der Waals surface area contributed by atoms with Gasteiger partial charge < -0.3 is 10.2 Å². The third kappa shape index (κ3) is 5.75. The monoisotopic (exact) mass is 479 g/mol. The van der Waals surface area contributed by atoms with E-state index >= 15 is 0 Å². The van der Waals surface area contributed by atoms with Crippen LogP contribution < -0.4 is 11.0 Å². The van der Waals surface area contributed by atoms with Crippen molar-refractivity contribution in [1.82, 2.24) is 0 Å². The van der Waals surface area contributed by atoms with Gasteiger partial charge in [0.25, 0.3) is 0 Å². The van der Waals surface area contributed by atoms with Crippen molar-refractivity contribution in [2.75, 3.05) is 6.61 Å². The highest BCUT2D eigenvalue weighted by atomic mass is 32.4. The normalized spacial score (nSPS) is 21.2. The van der Waals surface area contributed by atoms with Gasteiger partial charge in [-0.1, -0.05) is 95.4 Å². The summed E-state index contributed by atoms with van der Waals surface area (Å²) in [5, 5.41) is 1.67. The van der Waals surface area contributed by atoms with Crippen LogP contribution in [-0.2, 0) is 16.2 Å². The fourth-order valence-electron chi connectivity index (χ4n) is 5.34. The Morgan fingerprint density at radius 3 is 1.94 bits per heavy atom. The van der Waals surface area contributed by atoms with Crippen LogP contribution >= 0.6 is 6.04 Å². The summed E-state index contributed by atoms with van der Waals surface area (Å²) < 4.78 is 6.56. The largest absolute Gasteiger partial charge is 0.415 e. The molecule has 2 aliphatic carbocycles. The van der Waals surface area contributed by atoms with E-state index in [1.807, 2.05) is 0 Å². The summed E-state index contributed by atoms with van der Waals surface area (Å²) in [6.45, 7) is 12.1. The van der Waals surface area contributed by atoms with Crippen molar-refractivity contribution in [1.29, 1.82) is 0 Å². The summed E-state index contributed by atoms with van der Waals surface area (Å²) in [6.07, 6.45) is 13.5. The van der Waals surface area contributed by atoms with Gasteiger partial charge in [0.15, 0.2) is 8.32 Å². The zero-order valence-electron chi connectivity index (χ0n) is 20.7. The van der Waals surface area contributed by atoms with E-state index < -0.39 is 14.4 Å². The van der Waals surface area contributed by atoms with Crippen molar-refractivity contribution in [3.63, 3.8) is 0 Å². The number of hydrogen-bond donors (Lipinski definition) is 1. The predicted molar refractivity (Wildman–Crippen MR) is 144 cm³/mol. The molecule has 1 aromatic carbocycles. The molecule has 0 aromatic heterocycles. The van der Waals surface area contributed by atoms with E-state index in [0.717, 1.165) is 0 Å². The van der Waals surface area contributed by atoms with Crippen LogP contribution in [0.4, 0.5) is 0 Å². The van der Waals surface area contributed by atoms with Crippen LogP contribution in [0.25, 0.3) is 0 Å². The van der Waals surface area contributed by atoms with E-state index in [9.17, 15) is 0 Å². The van der Waals surface area contributed by atoms with Crippen molar-refractivity contribution in [2.45, 2.75) is 120 Å². The number of nitrogens with two attached hydrogens (primary N) is 1. The molecule has 0 saturated heterocycles. The summed E-state index contributed by atoms with van der Waals surface area (Å²) in [6, 6.07) is 7.22. The van der Waals surface area contributed by atoms with Crippen LogP contribution in [0, 0.1) is 0 Å². The molecule has 3 rings (SSSR count). The second-order valence-electron chi connectivity index (χ2n) is 11.5. The highest BCUT2D eigenvalue weighted by Crippen LogP contribution is 2.62. The molecule has 0 radical (unpaired) electrons. The highest BCUT2D eigenvalue weighted by molar-refractivity contribution is 8.19. The molecule has 0 unspecified atom stereocenters. The summed E-state index contributed by atoms with van der Waals surface area (Å²) in [4.78, 5) is 0. The molecule has 2 saturated carbocycles. The lowest BCUT2D eigenvalue weighted by Crippen LogP contribution is -2.43. The molecule has 5 heteroatoms. The van der Waals surface area contributed by atoms with Crippen molar-refractivity contribution in [2.24, 2.45) is 5.73 Å². The van der Waals surface area contributed by atoms with Crippen molar-refractivity contribution >= 4 is 31.5 Å². The molecule has 176 valence electrons. The van der Waals surface area contributed by atoms with E-state index in [1.54, 1.807) is 0 Å². The Balaban J connectivity index is 1.93. The molecule has 1 aromatic rings. The van der Waals surface area contributed by atoms with Crippen molar-refractivity contribution in [3.05, 3.63) is 29.8 Å². The van der Waals surface area contributed by atoms with Crippen LogP contribution in [0.5, 0.6) is 0 Å². The lowest BCUT2D eigenvalue weighted by Gasteiger charge is -2.43. The Bertz CT molecular complexity index is 741. The van der Waals surface area contributed by atoms with Gasteiger partial charge >= 0.3 is 0 Å². The Kier molecular flexibility index (Phi) is 8.69. The molecule has 0 bridgehead atoms. The number of benzene rings is 1. The summed E-state index contributed by atoms with van der Waals surface area (Å²) in [7, 11) is -1.83. The number of hydrogen-bond acceptors (Lipinski definition) is 3. The molecular formula is C26H46NOPSSi. The van der Waals surface area contributed by atoms with E-state index in [4.69, 9.17) is 22.0 Å². The molecule has 2 N–H and O–H groups in total. The Morgan fingerprint density at radius 2 is 1.45 bits per heavy atom. The SMILES string of the molecule is CC(C)(C)[Si](C)(C)OC[C@H](N)c1ccccc1P(=S)(C1CCCCC1)C1CCCCC1. The van der Waals surface area contributed by atoms with Crippen LogP contribution in [0.15, 0.2) is 24.3 Å². The van der Waals surface area contributed by atoms with Crippen molar-refractivity contribution < 1.29 is 4.43 Å². The highest BCUT2D eigenvalue weighted by Gasteiger charge is 2.41. The molecule has 0 amide bonds. The summed E-state index contributed by atoms with van der Waals surface area (Å²) in [5.74, 6) is 0. The molecule has 0 spiro atoms. The van der Waals surface area contributed by atoms with Gasteiger partial charge in [-0.05, 0) is 72.0 Å². The molecule has 0 aliphatic heterocycles. The third-order valence-electron chi connectivity index (χ3n) is 8.38. The fourth-order valence-corrected chi connectivity index (χ4v) is 12.7. The maximum atomic E-state index is 6.87. The number of rotatable bonds is 7. The average molecular weight is 480 g/mol. The van der Waals surface area contributed by atoms with Gasteiger partial charge in [-0.15, -0.1) is 0 Å². The van der Waals surface area contributed by atoms with Gasteiger partial charge in [0, 0.05) is 0 Å². The Hall–Kier alpha value is 0.00688. The minimum Gasteiger partial charge on any atom is -0.415 e. The molecule has 31 heavy (non-hydrogen) atoms. The second kappa shape index (κ2) is 10.5. The standard InChI is InChI=1S/C26H46NOPSSi/c1-26(2,3)31(4,5)28-20-24(27)23-18-12-13-19-25(23)29(30,21-14-8-6-9-15-21)22-16-10-7-11-17-22/h12-13,18-19,21-22,24H,6-11,14-17,20,27H2,1-5H3/t24-/m0/s1. The lowest BCUT2D eigenvalue weighted by molar-refractivity contribution is 0.265. The van der Waals surface area contributed by atoms with Gasteiger partial charge in [-0.2, -0.15) is 0 Å². The molecule has 2 fully saturated rings. The molecule has 1 atom stereocenters. The molecular weight excluding hydrogens is 433 g/mol. The van der Waals surface area contributed by atoms with Crippen LogP contribution in [0.1, 0.15) is 96.6 Å². The second-order valence-corrected chi connectivity index (χ2v) is 21.5. The first-order valence-electron chi connectivity index (χ1n) is 12.7. The lowest BCUT2D eigenvalue weighted by atomic mass is 9.99. The first-order valence-corrected chi connectivity index (χ1v) is 18.5. The quantitative estimate of drug-likeness (QED) is 0.325. The predicted octanol–water partition coefficient (Wildman–Crippen LogP) is 7.48. The van der Waals surface area contributed by atoms with Gasteiger partial charge in [0.1, 0.15) is 0 Å². The maximum Gasteiger partial charge on any atom is 0.192 e. The topological polar surface area (TPSA) is 35.2 Å².